The number of fused-ring (bicyclic) bond motifs is 2. The minimum Gasteiger partial charge on any atom is -0.479 e. The number of carbonyl (C=O) groups excluding carboxylic acids is 3. The van der Waals surface area contributed by atoms with Gasteiger partial charge in [-0.25, -0.2) is 20.4 Å². The number of nitrogens with zero attached hydrogens (tertiary/aromatic N) is 2. The van der Waals surface area contributed by atoms with Gasteiger partial charge >= 0.3 is 12.1 Å². The van der Waals surface area contributed by atoms with Gasteiger partial charge in [-0.05, 0) is 65.7 Å². The average Bonchev–Trinajstić information content (AvgIpc) is 3.24. The van der Waals surface area contributed by atoms with Crippen molar-refractivity contribution < 1.29 is 29.0 Å². The summed E-state index contributed by atoms with van der Waals surface area (Å²) in [5.74, 6) is -2.18. The van der Waals surface area contributed by atoms with Crippen LogP contribution in [0.4, 0.5) is 4.79 Å². The van der Waals surface area contributed by atoms with Crippen molar-refractivity contribution in [1.82, 2.24) is 31.5 Å². The Morgan fingerprint density at radius 2 is 1.77 bits per heavy atom. The van der Waals surface area contributed by atoms with Gasteiger partial charge < -0.3 is 25.4 Å². The Bertz CT molecular complexity index is 1050. The Kier molecular flexibility index (Phi) is 10.8. The van der Waals surface area contributed by atoms with Gasteiger partial charge in [0.2, 0.25) is 11.8 Å². The van der Waals surface area contributed by atoms with Gasteiger partial charge in [-0.2, -0.15) is 5.12 Å². The van der Waals surface area contributed by atoms with E-state index in [2.05, 4.69) is 35.3 Å². The fourth-order valence-corrected chi connectivity index (χ4v) is 6.65. The zero-order valence-electron chi connectivity index (χ0n) is 26.5. The molecule has 1 saturated carbocycles. The summed E-state index contributed by atoms with van der Waals surface area (Å²) in [4.78, 5) is 54.8. The van der Waals surface area contributed by atoms with Crippen molar-refractivity contribution >= 4 is 23.9 Å². The van der Waals surface area contributed by atoms with Gasteiger partial charge in [-0.15, -0.1) is 0 Å². The first kappa shape index (κ1) is 33.2. The third-order valence-electron chi connectivity index (χ3n) is 8.99. The van der Waals surface area contributed by atoms with Crippen LogP contribution in [0, 0.1) is 5.92 Å². The second kappa shape index (κ2) is 13.9. The van der Waals surface area contributed by atoms with Crippen molar-refractivity contribution in [2.75, 3.05) is 6.54 Å². The molecule has 0 bridgehead atoms. The Morgan fingerprint density at radius 3 is 2.37 bits per heavy atom. The van der Waals surface area contributed by atoms with Crippen LogP contribution in [0.25, 0.3) is 0 Å². The van der Waals surface area contributed by atoms with E-state index in [1.807, 2.05) is 17.3 Å². The zero-order valence-corrected chi connectivity index (χ0v) is 26.5. The molecule has 4 aliphatic rings. The molecule has 3 fully saturated rings. The molecule has 43 heavy (non-hydrogen) atoms. The molecule has 0 radical (unpaired) electrons. The molecule has 2 saturated heterocycles. The lowest BCUT2D eigenvalue weighted by atomic mass is 10.0. The number of carbonyl (C=O) groups is 4. The molecule has 7 atom stereocenters. The molecular weight excluding hydrogens is 552 g/mol. The molecule has 5 N–H and O–H groups in total. The topological polar surface area (TPSA) is 152 Å². The lowest BCUT2D eigenvalue weighted by molar-refractivity contribution is -0.145. The second-order valence-corrected chi connectivity index (χ2v) is 13.7. The molecule has 12 nitrogen and oxygen atoms in total. The largest absolute Gasteiger partial charge is 0.479 e. The van der Waals surface area contributed by atoms with Crippen molar-refractivity contribution in [2.24, 2.45) is 5.92 Å². The summed E-state index contributed by atoms with van der Waals surface area (Å²) in [7, 11) is 0. The molecular formula is C31H52N6O6. The van der Waals surface area contributed by atoms with Gasteiger partial charge in [0.25, 0.3) is 0 Å². The van der Waals surface area contributed by atoms with E-state index in [1.165, 1.54) is 4.90 Å². The summed E-state index contributed by atoms with van der Waals surface area (Å²) in [5.41, 5.74) is 5.06. The minimum atomic E-state index is -1.36. The van der Waals surface area contributed by atoms with Crippen LogP contribution in [-0.4, -0.2) is 86.9 Å². The van der Waals surface area contributed by atoms with Crippen molar-refractivity contribution in [1.29, 1.82) is 0 Å². The molecule has 3 heterocycles. The summed E-state index contributed by atoms with van der Waals surface area (Å²) >= 11 is 0. The highest BCUT2D eigenvalue weighted by atomic mass is 16.6. The number of carboxylic acid groups (broad SMARTS) is 1. The molecule has 0 aromatic rings. The number of nitrogens with one attached hydrogen (secondary N) is 4. The summed E-state index contributed by atoms with van der Waals surface area (Å²) in [6.45, 7) is 9.85. The van der Waals surface area contributed by atoms with Gasteiger partial charge in [0.15, 0.2) is 0 Å². The van der Waals surface area contributed by atoms with Crippen LogP contribution >= 0.6 is 0 Å². The third-order valence-corrected chi connectivity index (χ3v) is 8.99. The number of allylic oxidation sites excluding steroid dienone is 1. The van der Waals surface area contributed by atoms with Crippen LogP contribution in [0.3, 0.4) is 0 Å². The van der Waals surface area contributed by atoms with Crippen molar-refractivity contribution in [3.63, 3.8) is 0 Å². The molecule has 0 aromatic carbocycles. The van der Waals surface area contributed by atoms with Gasteiger partial charge in [-0.3, -0.25) is 9.59 Å². The third kappa shape index (κ3) is 8.07. The maximum absolute atomic E-state index is 14.2. The number of hydrazine groups is 2. The van der Waals surface area contributed by atoms with E-state index >= 15 is 0 Å². The molecule has 3 amide bonds. The van der Waals surface area contributed by atoms with E-state index in [-0.39, 0.29) is 36.5 Å². The highest BCUT2D eigenvalue weighted by Gasteiger charge is 2.61. The Morgan fingerprint density at radius 1 is 1.09 bits per heavy atom. The molecule has 4 rings (SSSR count). The van der Waals surface area contributed by atoms with Gasteiger partial charge in [0.1, 0.15) is 23.2 Å². The van der Waals surface area contributed by atoms with E-state index in [0.717, 1.165) is 44.9 Å². The monoisotopic (exact) mass is 604 g/mol. The maximum atomic E-state index is 14.2. The zero-order chi connectivity index (χ0) is 31.4. The number of aliphatic carboxylic acids is 1. The summed E-state index contributed by atoms with van der Waals surface area (Å²) < 4.78 is 5.48. The van der Waals surface area contributed by atoms with Crippen LogP contribution < -0.4 is 21.5 Å². The second-order valence-electron chi connectivity index (χ2n) is 13.7. The van der Waals surface area contributed by atoms with Crippen molar-refractivity contribution in [3.05, 3.63) is 12.2 Å². The normalized spacial score (nSPS) is 34.8. The predicted molar refractivity (Wildman–Crippen MR) is 161 cm³/mol. The number of alkyl carbamates (subject to hydrolysis) is 1. The lowest BCUT2D eigenvalue weighted by Crippen LogP contribution is -2.56. The quantitative estimate of drug-likeness (QED) is 0.276. The van der Waals surface area contributed by atoms with Crippen LogP contribution in [-0.2, 0) is 19.1 Å². The fraction of sp³-hybridized carbons (Fsp3) is 0.806. The lowest BCUT2D eigenvalue weighted by Gasteiger charge is -2.30. The smallest absolute Gasteiger partial charge is 0.408 e. The van der Waals surface area contributed by atoms with Gasteiger partial charge in [0, 0.05) is 24.5 Å². The van der Waals surface area contributed by atoms with Crippen molar-refractivity contribution in [2.45, 2.75) is 147 Å². The highest BCUT2D eigenvalue weighted by molar-refractivity contribution is 5.96. The number of ether oxygens (including phenoxy) is 1. The van der Waals surface area contributed by atoms with E-state index in [9.17, 15) is 24.3 Å². The predicted octanol–water partition coefficient (Wildman–Crippen LogP) is 2.99. The Balaban J connectivity index is 1.61. The number of hydrogen-bond acceptors (Lipinski definition) is 8. The molecule has 1 aliphatic carbocycles. The first-order valence-corrected chi connectivity index (χ1v) is 16.2. The minimum absolute atomic E-state index is 0.224. The first-order chi connectivity index (χ1) is 20.4. The first-order valence-electron chi connectivity index (χ1n) is 16.2. The average molecular weight is 605 g/mol. The maximum Gasteiger partial charge on any atom is 0.408 e. The highest BCUT2D eigenvalue weighted by Crippen LogP contribution is 2.45. The van der Waals surface area contributed by atoms with E-state index in [4.69, 9.17) is 4.74 Å². The summed E-state index contributed by atoms with van der Waals surface area (Å²) in [6, 6.07) is -1.50. The molecule has 3 aliphatic heterocycles. The number of rotatable bonds is 7. The van der Waals surface area contributed by atoms with E-state index in [0.29, 0.717) is 25.7 Å². The Hall–Kier alpha value is -2.70. The SMILES string of the molecule is CCCC1NN([C@H]2C[C@H]3C(=O)N[C@]4(C(=O)O)C[C@H]4/C=C\CCCCC[C@H](NC(=O)OC(C)(C)C)C(=O)N3C2)NC1CCC. The van der Waals surface area contributed by atoms with Gasteiger partial charge in [0.05, 0.1) is 6.04 Å². The van der Waals surface area contributed by atoms with Crippen LogP contribution in [0.2, 0.25) is 0 Å². The van der Waals surface area contributed by atoms with Crippen LogP contribution in [0.15, 0.2) is 12.2 Å². The standard InChI is InChI=1S/C31H52N6O6/c1-6-13-22-23(14-7-2)35-37(34-22)21-17-25-26(38)33-31(28(40)41)18-20(31)15-11-9-8-10-12-16-24(27(39)36(25)19-21)32-29(42)43-30(3,4)5/h11,15,20-25,34-35H,6-10,12-14,16-19H2,1-5H3,(H,32,42)(H,33,38)(H,40,41)/b15-11-/t20-,21+,22?,23?,24+,25+,31-/m1/s1. The molecule has 12 heteroatoms. The number of hydrogen-bond donors (Lipinski definition) is 5. The summed E-state index contributed by atoms with van der Waals surface area (Å²) in [5, 5.41) is 17.7. The number of carboxylic acids is 1. The number of amides is 3. The van der Waals surface area contributed by atoms with Crippen molar-refractivity contribution in [3.8, 4) is 0 Å². The van der Waals surface area contributed by atoms with Crippen LogP contribution in [0.5, 0.6) is 0 Å². The summed E-state index contributed by atoms with van der Waals surface area (Å²) in [6.07, 6.45) is 11.5. The molecule has 0 aromatic heterocycles. The molecule has 0 spiro atoms. The van der Waals surface area contributed by atoms with Crippen LogP contribution in [0.1, 0.15) is 105 Å². The fourth-order valence-electron chi connectivity index (χ4n) is 6.65. The van der Waals surface area contributed by atoms with Gasteiger partial charge in [-0.1, -0.05) is 51.7 Å². The molecule has 242 valence electrons. The van der Waals surface area contributed by atoms with E-state index < -0.39 is 41.2 Å². The molecule has 2 unspecified atom stereocenters. The van der Waals surface area contributed by atoms with E-state index in [1.54, 1.807) is 20.8 Å². The Labute approximate surface area is 255 Å².